The highest BCUT2D eigenvalue weighted by Crippen LogP contribution is 2.31. The first-order chi connectivity index (χ1) is 13.2. The highest BCUT2D eigenvalue weighted by molar-refractivity contribution is 5.74. The van der Waals surface area contributed by atoms with E-state index in [4.69, 9.17) is 4.74 Å². The largest absolute Gasteiger partial charge is 0.493 e. The summed E-state index contributed by atoms with van der Waals surface area (Å²) >= 11 is 0. The third-order valence-electron chi connectivity index (χ3n) is 5.61. The Morgan fingerprint density at radius 2 is 1.96 bits per heavy atom. The first-order valence-electron chi connectivity index (χ1n) is 9.77. The maximum Gasteiger partial charge on any atom is 0.315 e. The van der Waals surface area contributed by atoms with Gasteiger partial charge >= 0.3 is 6.03 Å². The molecule has 2 N–H and O–H groups in total. The second kappa shape index (κ2) is 8.01. The van der Waals surface area contributed by atoms with Crippen LogP contribution in [-0.4, -0.2) is 36.7 Å². The molecule has 0 saturated carbocycles. The molecule has 2 atom stereocenters. The van der Waals surface area contributed by atoms with E-state index in [9.17, 15) is 4.79 Å². The summed E-state index contributed by atoms with van der Waals surface area (Å²) in [6.45, 7) is 5.44. The number of ether oxygens (including phenoxy) is 1. The van der Waals surface area contributed by atoms with Crippen LogP contribution in [0.5, 0.6) is 5.75 Å². The number of rotatable bonds is 4. The van der Waals surface area contributed by atoms with Crippen LogP contribution in [0.4, 0.5) is 4.79 Å². The van der Waals surface area contributed by atoms with Crippen molar-refractivity contribution < 1.29 is 9.53 Å². The van der Waals surface area contributed by atoms with Crippen molar-refractivity contribution in [1.82, 2.24) is 15.5 Å². The molecule has 2 aromatic rings. The summed E-state index contributed by atoms with van der Waals surface area (Å²) < 4.78 is 5.66. The van der Waals surface area contributed by atoms with Crippen molar-refractivity contribution in [3.63, 3.8) is 0 Å². The molecular formula is C22H27N3O2. The lowest BCUT2D eigenvalue weighted by Gasteiger charge is -2.34. The maximum atomic E-state index is 12.4. The number of hydrogen-bond acceptors (Lipinski definition) is 3. The zero-order valence-corrected chi connectivity index (χ0v) is 15.8. The fraction of sp³-hybridized carbons (Fsp3) is 0.409. The quantitative estimate of drug-likeness (QED) is 0.874. The Hall–Kier alpha value is -2.53. The van der Waals surface area contributed by atoms with E-state index in [0.717, 1.165) is 37.2 Å². The molecule has 5 nitrogen and oxygen atoms in total. The van der Waals surface area contributed by atoms with E-state index in [-0.39, 0.29) is 12.1 Å². The number of carbonyl (C=O) groups is 1. The number of para-hydroxylation sites is 1. The third kappa shape index (κ3) is 4.08. The van der Waals surface area contributed by atoms with Crippen LogP contribution in [0, 0.1) is 0 Å². The molecule has 2 aliphatic rings. The van der Waals surface area contributed by atoms with E-state index in [1.165, 1.54) is 11.1 Å². The number of urea groups is 1. The Morgan fingerprint density at radius 3 is 2.85 bits per heavy atom. The van der Waals surface area contributed by atoms with Crippen molar-refractivity contribution in [2.24, 2.45) is 0 Å². The molecule has 4 rings (SSSR count). The first kappa shape index (κ1) is 17.9. The fourth-order valence-electron chi connectivity index (χ4n) is 3.96. The lowest BCUT2D eigenvalue weighted by Crippen LogP contribution is -2.47. The number of hydrogen-bond donors (Lipinski definition) is 2. The molecule has 27 heavy (non-hydrogen) atoms. The van der Waals surface area contributed by atoms with Crippen molar-refractivity contribution in [1.29, 1.82) is 0 Å². The second-order valence-corrected chi connectivity index (χ2v) is 7.42. The number of nitrogens with zero attached hydrogens (tertiary/aromatic N) is 1. The summed E-state index contributed by atoms with van der Waals surface area (Å²) in [7, 11) is 0. The van der Waals surface area contributed by atoms with Gasteiger partial charge in [-0.3, -0.25) is 4.90 Å². The predicted octanol–water partition coefficient (Wildman–Crippen LogP) is 3.26. The van der Waals surface area contributed by atoms with Gasteiger partial charge in [-0.15, -0.1) is 0 Å². The minimum absolute atomic E-state index is 0.00659. The molecule has 2 heterocycles. The highest BCUT2D eigenvalue weighted by atomic mass is 16.5. The summed E-state index contributed by atoms with van der Waals surface area (Å²) in [4.78, 5) is 14.9. The molecular weight excluding hydrogens is 338 g/mol. The van der Waals surface area contributed by atoms with E-state index in [0.29, 0.717) is 19.2 Å². The van der Waals surface area contributed by atoms with Crippen molar-refractivity contribution in [3.05, 3.63) is 65.2 Å². The van der Waals surface area contributed by atoms with Crippen molar-refractivity contribution in [2.45, 2.75) is 38.4 Å². The number of benzene rings is 2. The topological polar surface area (TPSA) is 53.6 Å². The molecule has 2 aromatic carbocycles. The van der Waals surface area contributed by atoms with E-state index in [1.54, 1.807) is 0 Å². The molecule has 5 heteroatoms. The van der Waals surface area contributed by atoms with Gasteiger partial charge in [0.1, 0.15) is 5.75 Å². The van der Waals surface area contributed by atoms with Crippen molar-refractivity contribution in [2.75, 3.05) is 19.7 Å². The zero-order chi connectivity index (χ0) is 18.6. The van der Waals surface area contributed by atoms with E-state index in [2.05, 4.69) is 46.7 Å². The third-order valence-corrected chi connectivity index (χ3v) is 5.61. The smallest absolute Gasteiger partial charge is 0.315 e. The number of nitrogens with one attached hydrogen (secondary N) is 2. The van der Waals surface area contributed by atoms with Gasteiger partial charge in [0.25, 0.3) is 0 Å². The van der Waals surface area contributed by atoms with Gasteiger partial charge in [-0.05, 0) is 30.5 Å². The van der Waals surface area contributed by atoms with Gasteiger partial charge in [0.15, 0.2) is 0 Å². The summed E-state index contributed by atoms with van der Waals surface area (Å²) in [6, 6.07) is 16.7. The number of carbonyl (C=O) groups excluding carboxylic acids is 1. The van der Waals surface area contributed by atoms with Crippen molar-refractivity contribution >= 4 is 6.03 Å². The predicted molar refractivity (Wildman–Crippen MR) is 106 cm³/mol. The maximum absolute atomic E-state index is 12.4. The van der Waals surface area contributed by atoms with Gasteiger partial charge in [0.2, 0.25) is 0 Å². The molecule has 0 radical (unpaired) electrons. The lowest BCUT2D eigenvalue weighted by atomic mass is 9.99. The van der Waals surface area contributed by atoms with Gasteiger partial charge in [-0.25, -0.2) is 4.79 Å². The molecule has 0 aliphatic carbocycles. The molecule has 142 valence electrons. The van der Waals surface area contributed by atoms with Gasteiger partial charge in [0, 0.05) is 37.7 Å². The minimum atomic E-state index is -0.110. The average molecular weight is 365 g/mol. The van der Waals surface area contributed by atoms with Gasteiger partial charge < -0.3 is 15.4 Å². The monoisotopic (exact) mass is 365 g/mol. The number of fused-ring (bicyclic) bond motifs is 2. The normalized spacial score (nSPS) is 20.0. The first-order valence-corrected chi connectivity index (χ1v) is 9.77. The van der Waals surface area contributed by atoms with Gasteiger partial charge in [-0.2, -0.15) is 0 Å². The standard InChI is InChI=1S/C22H27N3O2/c1-16(25-12-10-17-6-2-3-7-18(17)15-25)14-23-22(26)24-20-11-13-27-21-9-5-4-8-19(20)21/h2-9,16,20H,10-15H2,1H3,(H2,23,24,26). The summed E-state index contributed by atoms with van der Waals surface area (Å²) in [5, 5.41) is 6.15. The molecule has 0 aromatic heterocycles. The Balaban J connectivity index is 1.29. The summed E-state index contributed by atoms with van der Waals surface area (Å²) in [5.74, 6) is 0.870. The van der Waals surface area contributed by atoms with Gasteiger partial charge in [0.05, 0.1) is 12.6 Å². The van der Waals surface area contributed by atoms with Crippen LogP contribution in [0.2, 0.25) is 0 Å². The lowest BCUT2D eigenvalue weighted by molar-refractivity contribution is 0.183. The zero-order valence-electron chi connectivity index (χ0n) is 15.8. The van der Waals surface area contributed by atoms with Crippen LogP contribution in [-0.2, 0) is 13.0 Å². The van der Waals surface area contributed by atoms with Crippen LogP contribution in [0.3, 0.4) is 0 Å². The van der Waals surface area contributed by atoms with Crippen molar-refractivity contribution in [3.8, 4) is 5.75 Å². The van der Waals surface area contributed by atoms with Crippen LogP contribution in [0.1, 0.15) is 36.1 Å². The van der Waals surface area contributed by atoms with Gasteiger partial charge in [-0.1, -0.05) is 42.5 Å². The average Bonchev–Trinajstić information content (AvgIpc) is 2.72. The highest BCUT2D eigenvalue weighted by Gasteiger charge is 2.24. The number of amides is 2. The Labute approximate surface area is 160 Å². The molecule has 0 saturated heterocycles. The van der Waals surface area contributed by atoms with E-state index in [1.807, 2.05) is 24.3 Å². The Morgan fingerprint density at radius 1 is 1.19 bits per heavy atom. The Kier molecular flexibility index (Phi) is 5.30. The molecule has 2 aliphatic heterocycles. The summed E-state index contributed by atoms with van der Waals surface area (Å²) in [6.07, 6.45) is 1.87. The fourth-order valence-corrected chi connectivity index (χ4v) is 3.96. The Bertz CT molecular complexity index is 808. The molecule has 0 bridgehead atoms. The molecule has 2 unspecified atom stereocenters. The van der Waals surface area contributed by atoms with Crippen LogP contribution in [0.25, 0.3) is 0 Å². The van der Waals surface area contributed by atoms with Crippen LogP contribution >= 0.6 is 0 Å². The van der Waals surface area contributed by atoms with Crippen LogP contribution in [0.15, 0.2) is 48.5 Å². The SMILES string of the molecule is CC(CNC(=O)NC1CCOc2ccccc21)N1CCc2ccccc2C1. The van der Waals surface area contributed by atoms with E-state index >= 15 is 0 Å². The molecule has 2 amide bonds. The van der Waals surface area contributed by atoms with Crippen LogP contribution < -0.4 is 15.4 Å². The molecule has 0 spiro atoms. The van der Waals surface area contributed by atoms with E-state index < -0.39 is 0 Å². The minimum Gasteiger partial charge on any atom is -0.493 e. The summed E-state index contributed by atoms with van der Waals surface area (Å²) in [5.41, 5.74) is 3.91. The molecule has 0 fully saturated rings. The second-order valence-electron chi connectivity index (χ2n) is 7.42.